The van der Waals surface area contributed by atoms with Gasteiger partial charge in [-0.25, -0.2) is 4.79 Å². The number of alkyl halides is 1. The number of benzene rings is 2. The van der Waals surface area contributed by atoms with E-state index < -0.39 is 0 Å². The highest BCUT2D eigenvalue weighted by Crippen LogP contribution is 2.31. The highest BCUT2D eigenvalue weighted by atomic mass is 35.5. The molecule has 0 aliphatic rings. The van der Waals surface area contributed by atoms with Crippen LogP contribution >= 0.6 is 23.4 Å². The molecular weight excluding hydrogens is 308 g/mol. The fourth-order valence-corrected chi connectivity index (χ4v) is 2.73. The van der Waals surface area contributed by atoms with E-state index in [1.165, 1.54) is 18.9 Å². The number of hydrogen-bond acceptors (Lipinski definition) is 4. The van der Waals surface area contributed by atoms with Crippen molar-refractivity contribution in [3.63, 3.8) is 0 Å². The van der Waals surface area contributed by atoms with Crippen LogP contribution in [0.5, 0.6) is 5.75 Å². The molecule has 2 rings (SSSR count). The van der Waals surface area contributed by atoms with Gasteiger partial charge >= 0.3 is 5.97 Å². The summed E-state index contributed by atoms with van der Waals surface area (Å²) in [5.74, 6) is 0.907. The van der Waals surface area contributed by atoms with Gasteiger partial charge in [-0.3, -0.25) is 0 Å². The molecule has 0 saturated heterocycles. The summed E-state index contributed by atoms with van der Waals surface area (Å²) in [6.07, 6.45) is 0. The maximum atomic E-state index is 11.7. The standard InChI is InChI=1S/C16H15ClO3S/c1-19-16(18)14-4-2-3-5-15(14)21-13-8-6-12(7-9-13)20-11-10-17/h2-9H,10-11H2,1H3. The maximum absolute atomic E-state index is 11.7. The Labute approximate surface area is 133 Å². The van der Waals surface area contributed by atoms with Crippen LogP contribution in [0.25, 0.3) is 0 Å². The second-order valence-electron chi connectivity index (χ2n) is 4.10. The van der Waals surface area contributed by atoms with E-state index >= 15 is 0 Å². The summed E-state index contributed by atoms with van der Waals surface area (Å²) in [6.45, 7) is 0.485. The van der Waals surface area contributed by atoms with Gasteiger partial charge in [0.1, 0.15) is 12.4 Å². The van der Waals surface area contributed by atoms with E-state index in [-0.39, 0.29) is 5.97 Å². The van der Waals surface area contributed by atoms with E-state index in [1.54, 1.807) is 6.07 Å². The summed E-state index contributed by atoms with van der Waals surface area (Å²) in [7, 11) is 1.38. The minimum atomic E-state index is -0.333. The maximum Gasteiger partial charge on any atom is 0.339 e. The lowest BCUT2D eigenvalue weighted by Crippen LogP contribution is -2.02. The minimum absolute atomic E-state index is 0.333. The van der Waals surface area contributed by atoms with Crippen molar-refractivity contribution >= 4 is 29.3 Å². The van der Waals surface area contributed by atoms with Crippen LogP contribution in [0.15, 0.2) is 58.3 Å². The lowest BCUT2D eigenvalue weighted by Gasteiger charge is -2.08. The molecule has 0 aromatic heterocycles. The van der Waals surface area contributed by atoms with E-state index in [9.17, 15) is 4.79 Å². The largest absolute Gasteiger partial charge is 0.492 e. The third-order valence-corrected chi connectivity index (χ3v) is 3.93. The van der Waals surface area contributed by atoms with Gasteiger partial charge in [-0.15, -0.1) is 11.6 Å². The van der Waals surface area contributed by atoms with Crippen LogP contribution in [-0.4, -0.2) is 25.6 Å². The molecule has 21 heavy (non-hydrogen) atoms. The third kappa shape index (κ3) is 4.41. The molecule has 0 fully saturated rings. The van der Waals surface area contributed by atoms with E-state index in [2.05, 4.69) is 0 Å². The van der Waals surface area contributed by atoms with E-state index in [0.717, 1.165) is 15.5 Å². The molecule has 0 amide bonds. The Morgan fingerprint density at radius 1 is 1.14 bits per heavy atom. The molecule has 0 N–H and O–H groups in total. The Bertz CT molecular complexity index is 599. The first-order valence-corrected chi connectivity index (χ1v) is 7.73. The van der Waals surface area contributed by atoms with Crippen molar-refractivity contribution in [2.75, 3.05) is 19.6 Å². The van der Waals surface area contributed by atoms with Crippen molar-refractivity contribution < 1.29 is 14.3 Å². The zero-order valence-electron chi connectivity index (χ0n) is 11.5. The van der Waals surface area contributed by atoms with Gasteiger partial charge < -0.3 is 9.47 Å². The third-order valence-electron chi connectivity index (χ3n) is 2.69. The predicted octanol–water partition coefficient (Wildman–Crippen LogP) is 4.24. The Hall–Kier alpha value is -1.65. The molecule has 0 heterocycles. The number of halogens is 1. The van der Waals surface area contributed by atoms with Gasteiger partial charge in [0, 0.05) is 9.79 Å². The molecule has 5 heteroatoms. The Morgan fingerprint density at radius 3 is 2.52 bits per heavy atom. The van der Waals surface area contributed by atoms with Crippen LogP contribution < -0.4 is 4.74 Å². The first kappa shape index (κ1) is 15.7. The molecule has 0 aliphatic heterocycles. The van der Waals surface area contributed by atoms with Crippen LogP contribution in [0.2, 0.25) is 0 Å². The number of rotatable bonds is 6. The quantitative estimate of drug-likeness (QED) is 0.588. The normalized spacial score (nSPS) is 10.2. The summed E-state index contributed by atoms with van der Waals surface area (Å²) < 4.78 is 10.2. The van der Waals surface area contributed by atoms with E-state index in [0.29, 0.717) is 18.1 Å². The Balaban J connectivity index is 2.13. The molecular formula is C16H15ClO3S. The first-order chi connectivity index (χ1) is 10.2. The SMILES string of the molecule is COC(=O)c1ccccc1Sc1ccc(OCCCl)cc1. The highest BCUT2D eigenvalue weighted by Gasteiger charge is 2.11. The van der Waals surface area contributed by atoms with Gasteiger partial charge in [-0.2, -0.15) is 0 Å². The lowest BCUT2D eigenvalue weighted by molar-refractivity contribution is 0.0597. The van der Waals surface area contributed by atoms with E-state index in [1.807, 2.05) is 42.5 Å². The molecule has 0 unspecified atom stereocenters. The highest BCUT2D eigenvalue weighted by molar-refractivity contribution is 7.99. The molecule has 3 nitrogen and oxygen atoms in total. The van der Waals surface area contributed by atoms with Gasteiger partial charge in [0.2, 0.25) is 0 Å². The van der Waals surface area contributed by atoms with Gasteiger partial charge in [0.05, 0.1) is 18.6 Å². The van der Waals surface area contributed by atoms with Crippen molar-refractivity contribution in [3.05, 3.63) is 54.1 Å². The van der Waals surface area contributed by atoms with Gasteiger partial charge in [-0.05, 0) is 36.4 Å². The molecule has 110 valence electrons. The molecule has 0 aliphatic carbocycles. The van der Waals surface area contributed by atoms with Crippen LogP contribution in [0, 0.1) is 0 Å². The summed E-state index contributed by atoms with van der Waals surface area (Å²) in [5.41, 5.74) is 0.562. The summed E-state index contributed by atoms with van der Waals surface area (Å²) in [4.78, 5) is 13.6. The molecule has 2 aromatic carbocycles. The number of methoxy groups -OCH3 is 1. The number of esters is 1. The number of hydrogen-bond donors (Lipinski definition) is 0. The van der Waals surface area contributed by atoms with Gasteiger partial charge in [-0.1, -0.05) is 23.9 Å². The van der Waals surface area contributed by atoms with Crippen LogP contribution in [0.1, 0.15) is 10.4 Å². The zero-order valence-corrected chi connectivity index (χ0v) is 13.1. The van der Waals surface area contributed by atoms with Crippen molar-refractivity contribution in [3.8, 4) is 5.75 Å². The minimum Gasteiger partial charge on any atom is -0.492 e. The fraction of sp³-hybridized carbons (Fsp3) is 0.188. The average molecular weight is 323 g/mol. The van der Waals surface area contributed by atoms with Crippen molar-refractivity contribution in [1.82, 2.24) is 0 Å². The summed E-state index contributed by atoms with van der Waals surface area (Å²) in [5, 5.41) is 0. The first-order valence-electron chi connectivity index (χ1n) is 6.38. The molecule has 0 radical (unpaired) electrons. The van der Waals surface area contributed by atoms with Crippen LogP contribution in [-0.2, 0) is 4.74 Å². The second-order valence-corrected chi connectivity index (χ2v) is 5.59. The zero-order chi connectivity index (χ0) is 15.1. The molecule has 0 saturated carbocycles. The smallest absolute Gasteiger partial charge is 0.339 e. The monoisotopic (exact) mass is 322 g/mol. The Morgan fingerprint density at radius 2 is 1.86 bits per heavy atom. The average Bonchev–Trinajstić information content (AvgIpc) is 2.54. The number of ether oxygens (including phenoxy) is 2. The molecule has 0 bridgehead atoms. The fourth-order valence-electron chi connectivity index (χ4n) is 1.72. The molecule has 2 aromatic rings. The topological polar surface area (TPSA) is 35.5 Å². The molecule has 0 spiro atoms. The second kappa shape index (κ2) is 7.96. The van der Waals surface area contributed by atoms with E-state index in [4.69, 9.17) is 21.1 Å². The number of carbonyl (C=O) groups is 1. The van der Waals surface area contributed by atoms with Gasteiger partial charge in [0.25, 0.3) is 0 Å². The number of carbonyl (C=O) groups excluding carboxylic acids is 1. The predicted molar refractivity (Wildman–Crippen MR) is 84.6 cm³/mol. The van der Waals surface area contributed by atoms with Crippen molar-refractivity contribution in [2.24, 2.45) is 0 Å². The van der Waals surface area contributed by atoms with Gasteiger partial charge in [0.15, 0.2) is 0 Å². The summed E-state index contributed by atoms with van der Waals surface area (Å²) >= 11 is 7.09. The van der Waals surface area contributed by atoms with Crippen molar-refractivity contribution in [2.45, 2.75) is 9.79 Å². The van der Waals surface area contributed by atoms with Crippen molar-refractivity contribution in [1.29, 1.82) is 0 Å². The van der Waals surface area contributed by atoms with Crippen LogP contribution in [0.3, 0.4) is 0 Å². The summed E-state index contributed by atoms with van der Waals surface area (Å²) in [6, 6.07) is 15.0. The van der Waals surface area contributed by atoms with Crippen LogP contribution in [0.4, 0.5) is 0 Å². The Kier molecular flexibility index (Phi) is 5.96. The molecule has 0 atom stereocenters. The lowest BCUT2D eigenvalue weighted by atomic mass is 10.2.